The summed E-state index contributed by atoms with van der Waals surface area (Å²) >= 11 is 0. The Hall–Kier alpha value is -4.85. The summed E-state index contributed by atoms with van der Waals surface area (Å²) in [5, 5.41) is 1.25. The quantitative estimate of drug-likeness (QED) is 0.366. The number of para-hydroxylation sites is 2. The maximum absolute atomic E-state index is 14.3. The molecule has 178 valence electrons. The van der Waals surface area contributed by atoms with Crippen molar-refractivity contribution in [2.75, 3.05) is 14.2 Å². The van der Waals surface area contributed by atoms with Crippen molar-refractivity contribution < 1.29 is 19.0 Å². The van der Waals surface area contributed by atoms with Crippen LogP contribution < -0.4 is 25.3 Å². The number of fused-ring (bicyclic) bond motifs is 6. The Morgan fingerprint density at radius 2 is 1.33 bits per heavy atom. The Labute approximate surface area is 204 Å². The van der Waals surface area contributed by atoms with E-state index in [1.54, 1.807) is 54.6 Å². The zero-order valence-corrected chi connectivity index (χ0v) is 19.4. The molecular formula is C28H20N2O6. The van der Waals surface area contributed by atoms with Crippen molar-refractivity contribution in [2.24, 2.45) is 0 Å². The van der Waals surface area contributed by atoms with Crippen molar-refractivity contribution in [3.8, 4) is 23.0 Å². The number of rotatable bonds is 4. The first-order valence-corrected chi connectivity index (χ1v) is 11.3. The van der Waals surface area contributed by atoms with E-state index in [0.717, 1.165) is 0 Å². The van der Waals surface area contributed by atoms with Gasteiger partial charge in [0.15, 0.2) is 5.78 Å². The largest absolute Gasteiger partial charge is 0.497 e. The normalized spacial score (nSPS) is 12.6. The number of aromatic nitrogens is 2. The van der Waals surface area contributed by atoms with Crippen molar-refractivity contribution in [3.63, 3.8) is 0 Å². The minimum atomic E-state index is -1.24. The Bertz CT molecular complexity index is 1720. The van der Waals surface area contributed by atoms with Gasteiger partial charge in [-0.15, -0.1) is 0 Å². The van der Waals surface area contributed by atoms with E-state index in [0.29, 0.717) is 33.3 Å². The highest BCUT2D eigenvalue weighted by molar-refractivity contribution is 6.08. The summed E-state index contributed by atoms with van der Waals surface area (Å²) in [7, 11) is 2.94. The van der Waals surface area contributed by atoms with E-state index in [1.165, 1.54) is 14.2 Å². The highest BCUT2D eigenvalue weighted by atomic mass is 16.5. The maximum atomic E-state index is 14.3. The van der Waals surface area contributed by atoms with Gasteiger partial charge in [-0.05, 0) is 42.5 Å². The predicted octanol–water partition coefficient (Wildman–Crippen LogP) is 4.51. The second kappa shape index (κ2) is 8.13. The van der Waals surface area contributed by atoms with Gasteiger partial charge >= 0.3 is 0 Å². The molecule has 3 heterocycles. The second-order valence-corrected chi connectivity index (χ2v) is 8.45. The van der Waals surface area contributed by atoms with Crippen LogP contribution >= 0.6 is 0 Å². The Kier molecular flexibility index (Phi) is 4.89. The molecule has 6 rings (SSSR count). The molecule has 0 amide bonds. The number of hydrogen-bond acceptors (Lipinski definition) is 6. The molecule has 2 N–H and O–H groups in total. The molecule has 3 aromatic carbocycles. The molecule has 0 atom stereocenters. The zero-order valence-electron chi connectivity index (χ0n) is 19.4. The summed E-state index contributed by atoms with van der Waals surface area (Å²) in [6.45, 7) is 0. The van der Waals surface area contributed by atoms with Gasteiger partial charge in [0.05, 0.1) is 47.9 Å². The fraction of sp³-hybridized carbons (Fsp3) is 0.107. The zero-order chi connectivity index (χ0) is 25.0. The number of aromatic amines is 2. The Morgan fingerprint density at radius 1 is 0.778 bits per heavy atom. The minimum Gasteiger partial charge on any atom is -0.497 e. The number of H-pyrrole nitrogens is 2. The van der Waals surface area contributed by atoms with Gasteiger partial charge in [0.2, 0.25) is 0 Å². The van der Waals surface area contributed by atoms with Gasteiger partial charge in [-0.25, -0.2) is 0 Å². The van der Waals surface area contributed by atoms with E-state index in [2.05, 4.69) is 9.97 Å². The first-order valence-electron chi connectivity index (χ1n) is 11.3. The summed E-state index contributed by atoms with van der Waals surface area (Å²) < 4.78 is 17.1. The first-order chi connectivity index (χ1) is 17.5. The lowest BCUT2D eigenvalue weighted by atomic mass is 9.82. The fourth-order valence-corrected chi connectivity index (χ4v) is 4.87. The van der Waals surface area contributed by atoms with Crippen molar-refractivity contribution in [3.05, 3.63) is 104 Å². The first kappa shape index (κ1) is 21.7. The molecule has 2 aromatic heterocycles. The molecule has 8 nitrogen and oxygen atoms in total. The molecule has 0 aliphatic carbocycles. The van der Waals surface area contributed by atoms with Gasteiger partial charge in [-0.3, -0.25) is 14.4 Å². The predicted molar refractivity (Wildman–Crippen MR) is 135 cm³/mol. The third kappa shape index (κ3) is 3.11. The molecule has 0 fully saturated rings. The van der Waals surface area contributed by atoms with E-state index in [-0.39, 0.29) is 28.2 Å². The number of nitrogens with one attached hydrogen (secondary N) is 2. The van der Waals surface area contributed by atoms with E-state index >= 15 is 0 Å². The van der Waals surface area contributed by atoms with Crippen LogP contribution in [0.3, 0.4) is 0 Å². The molecule has 0 saturated carbocycles. The number of ketones is 1. The monoisotopic (exact) mass is 480 g/mol. The molecule has 0 saturated heterocycles. The molecule has 0 radical (unpaired) electrons. The highest BCUT2D eigenvalue weighted by Crippen LogP contribution is 2.48. The number of Topliss-reactive ketones (excluding diaryl/α,β-unsaturated/α-hetero) is 1. The van der Waals surface area contributed by atoms with Crippen molar-refractivity contribution in [1.82, 2.24) is 9.97 Å². The number of hydrogen-bond donors (Lipinski definition) is 2. The van der Waals surface area contributed by atoms with Crippen molar-refractivity contribution >= 4 is 27.6 Å². The summed E-state index contributed by atoms with van der Waals surface area (Å²) in [4.78, 5) is 46.8. The molecule has 8 heteroatoms. The van der Waals surface area contributed by atoms with Crippen LogP contribution in [0.25, 0.3) is 21.8 Å². The molecule has 5 aromatic rings. The number of carbonyl (C=O) groups excluding carboxylic acids is 1. The van der Waals surface area contributed by atoms with Crippen LogP contribution in [0.4, 0.5) is 0 Å². The summed E-state index contributed by atoms with van der Waals surface area (Å²) in [6.07, 6.45) is 0. The van der Waals surface area contributed by atoms with Crippen LogP contribution in [0.1, 0.15) is 27.4 Å². The average molecular weight is 480 g/mol. The number of benzene rings is 3. The van der Waals surface area contributed by atoms with E-state index in [4.69, 9.17) is 14.2 Å². The van der Waals surface area contributed by atoms with Crippen LogP contribution in [0.2, 0.25) is 0 Å². The Morgan fingerprint density at radius 3 is 1.86 bits per heavy atom. The Balaban J connectivity index is 1.73. The second-order valence-electron chi connectivity index (χ2n) is 8.45. The van der Waals surface area contributed by atoms with Gasteiger partial charge in [-0.1, -0.05) is 24.3 Å². The topological polar surface area (TPSA) is 110 Å². The number of carbonyl (C=O) groups is 1. The van der Waals surface area contributed by atoms with E-state index < -0.39 is 22.8 Å². The summed E-state index contributed by atoms with van der Waals surface area (Å²) in [5.41, 5.74) is 0.409. The van der Waals surface area contributed by atoms with Crippen LogP contribution in [0, 0.1) is 0 Å². The smallest absolute Gasteiger partial charge is 0.256 e. The average Bonchev–Trinajstić information content (AvgIpc) is 2.91. The lowest BCUT2D eigenvalue weighted by molar-refractivity contribution is 0.0965. The molecule has 36 heavy (non-hydrogen) atoms. The molecule has 0 unspecified atom stereocenters. The van der Waals surface area contributed by atoms with Crippen molar-refractivity contribution in [2.45, 2.75) is 5.92 Å². The van der Waals surface area contributed by atoms with Crippen LogP contribution in [-0.2, 0) is 0 Å². The third-order valence-electron chi connectivity index (χ3n) is 6.53. The minimum absolute atomic E-state index is 0.0665. The standard InChI is InChI=1S/C28H20N2O6/c1-34-14-11-12-20(35-2)17(13-14)24(31)21-22-25(15-7-3-5-9-18(15)29-27(22)32)36-26-16-8-4-6-10-19(16)30-28(33)23(21)26/h3-13,21H,1-2H3,(H,29,32)(H,30,33). The molecule has 0 bridgehead atoms. The van der Waals surface area contributed by atoms with Crippen LogP contribution in [0.15, 0.2) is 76.3 Å². The number of methoxy groups -OCH3 is 2. The van der Waals surface area contributed by atoms with Crippen molar-refractivity contribution in [1.29, 1.82) is 0 Å². The van der Waals surface area contributed by atoms with Gasteiger partial charge in [0.25, 0.3) is 11.1 Å². The fourth-order valence-electron chi connectivity index (χ4n) is 4.87. The van der Waals surface area contributed by atoms with Crippen LogP contribution in [0.5, 0.6) is 23.0 Å². The van der Waals surface area contributed by atoms with Crippen LogP contribution in [-0.4, -0.2) is 30.0 Å². The highest BCUT2D eigenvalue weighted by Gasteiger charge is 2.40. The number of pyridine rings is 2. The molecule has 1 aliphatic rings. The van der Waals surface area contributed by atoms with Gasteiger partial charge in [-0.2, -0.15) is 0 Å². The molecule has 1 aliphatic heterocycles. The summed E-state index contributed by atoms with van der Waals surface area (Å²) in [5.74, 6) is -0.503. The third-order valence-corrected chi connectivity index (χ3v) is 6.53. The van der Waals surface area contributed by atoms with Gasteiger partial charge < -0.3 is 24.2 Å². The van der Waals surface area contributed by atoms with E-state index in [1.807, 2.05) is 12.1 Å². The van der Waals surface area contributed by atoms with Gasteiger partial charge in [0, 0.05) is 10.8 Å². The van der Waals surface area contributed by atoms with Gasteiger partial charge in [0.1, 0.15) is 23.0 Å². The van der Waals surface area contributed by atoms with E-state index in [9.17, 15) is 14.4 Å². The SMILES string of the molecule is COc1ccc(OC)c(C(=O)C2c3c(c4ccccc4[nH]c3=O)Oc3c2c(=O)[nH]c2ccccc32)c1. The lowest BCUT2D eigenvalue weighted by Gasteiger charge is -2.28. The summed E-state index contributed by atoms with van der Waals surface area (Å²) in [6, 6.07) is 19.2. The number of ether oxygens (including phenoxy) is 3. The molecular weight excluding hydrogens is 460 g/mol. The lowest BCUT2D eigenvalue weighted by Crippen LogP contribution is -2.32. The molecule has 0 spiro atoms. The maximum Gasteiger partial charge on any atom is 0.256 e.